The van der Waals surface area contributed by atoms with Gasteiger partial charge in [0.15, 0.2) is 0 Å². The molecular weight excluding hydrogens is 324 g/mol. The Bertz CT molecular complexity index is 474. The van der Waals surface area contributed by atoms with Crippen molar-refractivity contribution in [3.05, 3.63) is 34.3 Å². The van der Waals surface area contributed by atoms with Gasteiger partial charge in [0.1, 0.15) is 6.04 Å². The van der Waals surface area contributed by atoms with E-state index in [1.54, 1.807) is 12.1 Å². The lowest BCUT2D eigenvalue weighted by molar-refractivity contribution is -0.143. The quantitative estimate of drug-likeness (QED) is 0.772. The molecule has 0 aliphatic rings. The molecule has 0 aromatic heterocycles. The standard InChI is InChI=1S/C14H19BrN2O3/c1-8(2)11(13(16)18)17-12(14(19)20-3)9-4-6-10(15)7-5-9/h4-8,11-12,17H,1-3H3,(H2,16,18)/t11-,12+/m0/s1. The van der Waals surface area contributed by atoms with Gasteiger partial charge >= 0.3 is 5.97 Å². The van der Waals surface area contributed by atoms with Gasteiger partial charge in [-0.05, 0) is 23.6 Å². The number of primary amides is 1. The Labute approximate surface area is 127 Å². The summed E-state index contributed by atoms with van der Waals surface area (Å²) in [5.41, 5.74) is 6.08. The lowest BCUT2D eigenvalue weighted by Gasteiger charge is -2.25. The van der Waals surface area contributed by atoms with E-state index in [-0.39, 0.29) is 5.92 Å². The first-order valence-corrected chi connectivity index (χ1v) is 7.04. The fourth-order valence-corrected chi connectivity index (χ4v) is 2.12. The predicted molar refractivity (Wildman–Crippen MR) is 79.9 cm³/mol. The molecule has 0 heterocycles. The number of rotatable bonds is 6. The van der Waals surface area contributed by atoms with Gasteiger partial charge in [0.25, 0.3) is 0 Å². The van der Waals surface area contributed by atoms with Crippen molar-refractivity contribution in [3.63, 3.8) is 0 Å². The largest absolute Gasteiger partial charge is 0.468 e. The van der Waals surface area contributed by atoms with E-state index in [4.69, 9.17) is 10.5 Å². The van der Waals surface area contributed by atoms with Crippen LogP contribution in [0.4, 0.5) is 0 Å². The van der Waals surface area contributed by atoms with Crippen LogP contribution in [-0.2, 0) is 14.3 Å². The van der Waals surface area contributed by atoms with Crippen molar-refractivity contribution in [1.82, 2.24) is 5.32 Å². The maximum absolute atomic E-state index is 11.9. The highest BCUT2D eigenvalue weighted by Crippen LogP contribution is 2.20. The van der Waals surface area contributed by atoms with Crippen molar-refractivity contribution >= 4 is 27.8 Å². The minimum atomic E-state index is -0.729. The van der Waals surface area contributed by atoms with Gasteiger partial charge in [-0.15, -0.1) is 0 Å². The van der Waals surface area contributed by atoms with Crippen LogP contribution in [-0.4, -0.2) is 25.0 Å². The van der Waals surface area contributed by atoms with Crippen LogP contribution in [0.3, 0.4) is 0 Å². The van der Waals surface area contributed by atoms with Crippen LogP contribution in [0.2, 0.25) is 0 Å². The molecule has 0 fully saturated rings. The first-order valence-electron chi connectivity index (χ1n) is 6.25. The highest BCUT2D eigenvalue weighted by atomic mass is 79.9. The summed E-state index contributed by atoms with van der Waals surface area (Å²) in [6.07, 6.45) is 0. The number of benzene rings is 1. The molecule has 6 heteroatoms. The topological polar surface area (TPSA) is 81.4 Å². The number of hydrogen-bond donors (Lipinski definition) is 2. The second kappa shape index (κ2) is 7.40. The summed E-state index contributed by atoms with van der Waals surface area (Å²) < 4.78 is 5.70. The number of halogens is 1. The third-order valence-electron chi connectivity index (χ3n) is 2.96. The molecule has 1 aromatic rings. The van der Waals surface area contributed by atoms with Gasteiger partial charge in [-0.2, -0.15) is 0 Å². The Morgan fingerprint density at radius 3 is 2.20 bits per heavy atom. The molecule has 0 unspecified atom stereocenters. The summed E-state index contributed by atoms with van der Waals surface area (Å²) in [5, 5.41) is 2.98. The van der Waals surface area contributed by atoms with E-state index in [1.165, 1.54) is 7.11 Å². The van der Waals surface area contributed by atoms with Gasteiger partial charge < -0.3 is 10.5 Å². The van der Waals surface area contributed by atoms with Gasteiger partial charge in [-0.25, -0.2) is 4.79 Å². The van der Waals surface area contributed by atoms with Crippen LogP contribution in [0.5, 0.6) is 0 Å². The van der Waals surface area contributed by atoms with Crippen LogP contribution in [0.1, 0.15) is 25.5 Å². The van der Waals surface area contributed by atoms with Crippen LogP contribution in [0.15, 0.2) is 28.7 Å². The van der Waals surface area contributed by atoms with Crippen molar-refractivity contribution in [3.8, 4) is 0 Å². The molecule has 2 atom stereocenters. The molecule has 20 heavy (non-hydrogen) atoms. The van der Waals surface area contributed by atoms with E-state index < -0.39 is 24.0 Å². The van der Waals surface area contributed by atoms with Crippen LogP contribution in [0, 0.1) is 5.92 Å². The molecule has 1 aromatic carbocycles. The third-order valence-corrected chi connectivity index (χ3v) is 3.49. The summed E-state index contributed by atoms with van der Waals surface area (Å²) in [4.78, 5) is 23.4. The first-order chi connectivity index (χ1) is 9.36. The summed E-state index contributed by atoms with van der Waals surface area (Å²) in [5.74, 6) is -0.986. The lowest BCUT2D eigenvalue weighted by atomic mass is 10.00. The maximum Gasteiger partial charge on any atom is 0.327 e. The van der Waals surface area contributed by atoms with Crippen LogP contribution < -0.4 is 11.1 Å². The zero-order valence-corrected chi connectivity index (χ0v) is 13.3. The highest BCUT2D eigenvalue weighted by molar-refractivity contribution is 9.10. The molecule has 0 saturated carbocycles. The van der Waals surface area contributed by atoms with Crippen molar-refractivity contribution in [2.45, 2.75) is 25.9 Å². The van der Waals surface area contributed by atoms with Gasteiger partial charge in [0.05, 0.1) is 13.2 Å². The number of hydrogen-bond acceptors (Lipinski definition) is 4. The van der Waals surface area contributed by atoms with E-state index in [9.17, 15) is 9.59 Å². The SMILES string of the molecule is COC(=O)[C@H](N[C@H](C(N)=O)C(C)C)c1ccc(Br)cc1. The Balaban J connectivity index is 3.04. The predicted octanol–water partition coefficient (Wildman–Crippen LogP) is 1.76. The molecule has 5 nitrogen and oxygen atoms in total. The third kappa shape index (κ3) is 4.31. The molecule has 0 spiro atoms. The Morgan fingerprint density at radius 2 is 1.80 bits per heavy atom. The van der Waals surface area contributed by atoms with Crippen molar-refractivity contribution in [2.24, 2.45) is 11.7 Å². The number of carbonyl (C=O) groups is 2. The van der Waals surface area contributed by atoms with Crippen LogP contribution >= 0.6 is 15.9 Å². The minimum absolute atomic E-state index is 0.0323. The fourth-order valence-electron chi connectivity index (χ4n) is 1.86. The minimum Gasteiger partial charge on any atom is -0.468 e. The molecule has 0 bridgehead atoms. The molecule has 1 rings (SSSR count). The number of ether oxygens (including phenoxy) is 1. The van der Waals surface area contributed by atoms with Gasteiger partial charge in [-0.3, -0.25) is 10.1 Å². The van der Waals surface area contributed by atoms with Crippen LogP contribution in [0.25, 0.3) is 0 Å². The van der Waals surface area contributed by atoms with Gasteiger partial charge in [0.2, 0.25) is 5.91 Å². The number of methoxy groups -OCH3 is 1. The Kier molecular flexibility index (Phi) is 6.16. The molecule has 0 radical (unpaired) electrons. The number of esters is 1. The van der Waals surface area contributed by atoms with Gasteiger partial charge in [-0.1, -0.05) is 41.9 Å². The maximum atomic E-state index is 11.9. The molecule has 0 saturated heterocycles. The van der Waals surface area contributed by atoms with Crippen molar-refractivity contribution < 1.29 is 14.3 Å². The first kappa shape index (κ1) is 16.7. The Morgan fingerprint density at radius 1 is 1.25 bits per heavy atom. The molecular formula is C14H19BrN2O3. The molecule has 3 N–H and O–H groups in total. The Hall–Kier alpha value is -1.40. The summed E-state index contributed by atoms with van der Waals surface area (Å²) in [6, 6.07) is 5.88. The summed E-state index contributed by atoms with van der Waals surface area (Å²) in [6.45, 7) is 3.72. The van der Waals surface area contributed by atoms with E-state index in [0.29, 0.717) is 5.56 Å². The van der Waals surface area contributed by atoms with E-state index in [2.05, 4.69) is 21.2 Å². The number of carbonyl (C=O) groups excluding carboxylic acids is 2. The summed E-state index contributed by atoms with van der Waals surface area (Å²) in [7, 11) is 1.31. The fraction of sp³-hybridized carbons (Fsp3) is 0.429. The van der Waals surface area contributed by atoms with Gasteiger partial charge in [0, 0.05) is 4.47 Å². The lowest BCUT2D eigenvalue weighted by Crippen LogP contribution is -2.48. The monoisotopic (exact) mass is 342 g/mol. The normalized spacial score (nSPS) is 13.8. The summed E-state index contributed by atoms with van der Waals surface area (Å²) >= 11 is 3.34. The average molecular weight is 343 g/mol. The second-order valence-electron chi connectivity index (χ2n) is 4.80. The van der Waals surface area contributed by atoms with Crippen molar-refractivity contribution in [2.75, 3.05) is 7.11 Å². The zero-order chi connectivity index (χ0) is 15.3. The second-order valence-corrected chi connectivity index (χ2v) is 5.71. The zero-order valence-electron chi connectivity index (χ0n) is 11.7. The molecule has 0 aliphatic carbocycles. The van der Waals surface area contributed by atoms with E-state index in [0.717, 1.165) is 4.47 Å². The van der Waals surface area contributed by atoms with E-state index >= 15 is 0 Å². The molecule has 110 valence electrons. The smallest absolute Gasteiger partial charge is 0.327 e. The number of amides is 1. The number of nitrogens with two attached hydrogens (primary N) is 1. The molecule has 1 amide bonds. The highest BCUT2D eigenvalue weighted by Gasteiger charge is 2.28. The van der Waals surface area contributed by atoms with Crippen molar-refractivity contribution in [1.29, 1.82) is 0 Å². The average Bonchev–Trinajstić information content (AvgIpc) is 2.39. The number of nitrogens with one attached hydrogen (secondary N) is 1. The molecule has 0 aliphatic heterocycles. The van der Waals surface area contributed by atoms with E-state index in [1.807, 2.05) is 26.0 Å².